The van der Waals surface area contributed by atoms with E-state index in [2.05, 4.69) is 25.9 Å². The van der Waals surface area contributed by atoms with Crippen LogP contribution in [0.3, 0.4) is 0 Å². The van der Waals surface area contributed by atoms with Crippen LogP contribution in [-0.4, -0.2) is 28.2 Å². The zero-order chi connectivity index (χ0) is 16.2. The predicted molar refractivity (Wildman–Crippen MR) is 82.7 cm³/mol. The fraction of sp³-hybridized carbons (Fsp3) is 0.0769. The lowest BCUT2D eigenvalue weighted by molar-refractivity contribution is 0.203. The predicted octanol–water partition coefficient (Wildman–Crippen LogP) is 4.52. The van der Waals surface area contributed by atoms with E-state index in [0.29, 0.717) is 4.47 Å². The molecular formula is C13H7BrClF2N3O2. The molecule has 5 nitrogen and oxygen atoms in total. The van der Waals surface area contributed by atoms with Crippen LogP contribution in [0.15, 0.2) is 16.7 Å². The Hall–Kier alpha value is -1.93. The third-order valence-electron chi connectivity index (χ3n) is 3.31. The molecule has 0 saturated heterocycles. The van der Waals surface area contributed by atoms with Crippen molar-refractivity contribution < 1.29 is 18.7 Å². The molecule has 3 rings (SSSR count). The quantitative estimate of drug-likeness (QED) is 0.642. The summed E-state index contributed by atoms with van der Waals surface area (Å²) in [5, 5.41) is 9.27. The molecular weight excluding hydrogens is 384 g/mol. The summed E-state index contributed by atoms with van der Waals surface area (Å²) in [5.74, 6) is -2.29. The molecule has 0 spiro atoms. The van der Waals surface area contributed by atoms with Crippen LogP contribution >= 0.6 is 27.5 Å². The molecule has 0 atom stereocenters. The third-order valence-corrected chi connectivity index (χ3v) is 4.54. The Labute approximate surface area is 135 Å². The molecule has 2 aromatic heterocycles. The van der Waals surface area contributed by atoms with E-state index in [1.165, 1.54) is 13.2 Å². The number of anilines is 1. The molecule has 0 fully saturated rings. The van der Waals surface area contributed by atoms with Crippen LogP contribution in [0.4, 0.5) is 19.3 Å². The van der Waals surface area contributed by atoms with Crippen molar-refractivity contribution in [2.24, 2.45) is 0 Å². The molecule has 0 bridgehead atoms. The Kier molecular flexibility index (Phi) is 3.45. The van der Waals surface area contributed by atoms with Crippen molar-refractivity contribution in [3.8, 4) is 0 Å². The van der Waals surface area contributed by atoms with E-state index >= 15 is 0 Å². The largest absolute Gasteiger partial charge is 0.465 e. The minimum absolute atomic E-state index is 0.0356. The number of hydrogen-bond acceptors (Lipinski definition) is 2. The smallest absolute Gasteiger partial charge is 0.411 e. The van der Waals surface area contributed by atoms with E-state index in [-0.39, 0.29) is 32.6 Å². The average molecular weight is 391 g/mol. The number of pyridine rings is 1. The summed E-state index contributed by atoms with van der Waals surface area (Å²) in [6.07, 6.45) is 0.0979. The molecule has 0 unspecified atom stereocenters. The monoisotopic (exact) mass is 389 g/mol. The first-order valence-electron chi connectivity index (χ1n) is 5.93. The SMILES string of the molecule is CN(C(=O)O)c1cc(F)c(F)c2c1[nH]c1ncc(Br)c(Cl)c12. The number of halogens is 4. The number of rotatable bonds is 1. The molecule has 22 heavy (non-hydrogen) atoms. The fourth-order valence-corrected chi connectivity index (χ4v) is 2.78. The van der Waals surface area contributed by atoms with E-state index in [4.69, 9.17) is 16.7 Å². The van der Waals surface area contributed by atoms with Crippen molar-refractivity contribution in [2.45, 2.75) is 0 Å². The highest BCUT2D eigenvalue weighted by atomic mass is 79.9. The van der Waals surface area contributed by atoms with Gasteiger partial charge < -0.3 is 10.1 Å². The number of hydrogen-bond donors (Lipinski definition) is 2. The van der Waals surface area contributed by atoms with Gasteiger partial charge >= 0.3 is 6.09 Å². The van der Waals surface area contributed by atoms with E-state index in [1.54, 1.807) is 0 Å². The molecule has 0 saturated carbocycles. The van der Waals surface area contributed by atoms with Crippen molar-refractivity contribution in [3.63, 3.8) is 0 Å². The van der Waals surface area contributed by atoms with Gasteiger partial charge in [0, 0.05) is 24.7 Å². The number of amides is 1. The number of benzene rings is 1. The first kappa shape index (κ1) is 15.0. The van der Waals surface area contributed by atoms with Gasteiger partial charge in [-0.2, -0.15) is 0 Å². The van der Waals surface area contributed by atoms with Gasteiger partial charge in [0.1, 0.15) is 5.65 Å². The number of nitrogens with one attached hydrogen (secondary N) is 1. The second-order valence-electron chi connectivity index (χ2n) is 4.55. The van der Waals surface area contributed by atoms with Gasteiger partial charge in [0.15, 0.2) is 11.6 Å². The van der Waals surface area contributed by atoms with Crippen LogP contribution in [0.1, 0.15) is 0 Å². The summed E-state index contributed by atoms with van der Waals surface area (Å²) < 4.78 is 28.6. The summed E-state index contributed by atoms with van der Waals surface area (Å²) in [6, 6.07) is 0.810. The van der Waals surface area contributed by atoms with Gasteiger partial charge in [0.2, 0.25) is 0 Å². The second-order valence-corrected chi connectivity index (χ2v) is 5.78. The highest BCUT2D eigenvalue weighted by Gasteiger charge is 2.23. The van der Waals surface area contributed by atoms with E-state index < -0.39 is 17.7 Å². The summed E-state index contributed by atoms with van der Waals surface area (Å²) >= 11 is 9.31. The van der Waals surface area contributed by atoms with Gasteiger partial charge in [-0.25, -0.2) is 18.6 Å². The number of carbonyl (C=O) groups is 1. The highest BCUT2D eigenvalue weighted by molar-refractivity contribution is 9.10. The van der Waals surface area contributed by atoms with Crippen LogP contribution in [0, 0.1) is 11.6 Å². The second kappa shape index (κ2) is 5.06. The lowest BCUT2D eigenvalue weighted by Gasteiger charge is -2.14. The van der Waals surface area contributed by atoms with Crippen molar-refractivity contribution >= 4 is 61.2 Å². The van der Waals surface area contributed by atoms with E-state index in [9.17, 15) is 13.6 Å². The zero-order valence-electron chi connectivity index (χ0n) is 10.9. The Bertz CT molecular complexity index is 944. The number of aromatic nitrogens is 2. The lowest BCUT2D eigenvalue weighted by Crippen LogP contribution is -2.24. The maximum absolute atomic E-state index is 14.3. The fourth-order valence-electron chi connectivity index (χ4n) is 2.25. The van der Waals surface area contributed by atoms with Crippen molar-refractivity contribution in [1.29, 1.82) is 0 Å². The van der Waals surface area contributed by atoms with Crippen LogP contribution in [0.25, 0.3) is 21.9 Å². The van der Waals surface area contributed by atoms with Crippen molar-refractivity contribution in [3.05, 3.63) is 33.4 Å². The molecule has 0 radical (unpaired) electrons. The molecule has 1 aromatic carbocycles. The van der Waals surface area contributed by atoms with Crippen LogP contribution < -0.4 is 4.90 Å². The van der Waals surface area contributed by atoms with Gasteiger partial charge in [-0.15, -0.1) is 0 Å². The van der Waals surface area contributed by atoms with E-state index in [1.807, 2.05) is 0 Å². The van der Waals surface area contributed by atoms with Crippen LogP contribution in [0.2, 0.25) is 5.02 Å². The molecule has 9 heteroatoms. The molecule has 2 heterocycles. The average Bonchev–Trinajstić information content (AvgIpc) is 2.86. The maximum atomic E-state index is 14.3. The Morgan fingerprint density at radius 1 is 1.45 bits per heavy atom. The van der Waals surface area contributed by atoms with Crippen LogP contribution in [0.5, 0.6) is 0 Å². The normalized spacial score (nSPS) is 11.3. The molecule has 2 N–H and O–H groups in total. The lowest BCUT2D eigenvalue weighted by atomic mass is 10.1. The molecule has 0 aliphatic carbocycles. The number of H-pyrrole nitrogens is 1. The van der Waals surface area contributed by atoms with Gasteiger partial charge in [-0.05, 0) is 15.9 Å². The van der Waals surface area contributed by atoms with Crippen LogP contribution in [-0.2, 0) is 0 Å². The number of nitrogens with zero attached hydrogens (tertiary/aromatic N) is 2. The topological polar surface area (TPSA) is 69.2 Å². The Morgan fingerprint density at radius 2 is 2.14 bits per heavy atom. The summed E-state index contributed by atoms with van der Waals surface area (Å²) in [5.41, 5.74) is 0.297. The Morgan fingerprint density at radius 3 is 2.77 bits per heavy atom. The minimum atomic E-state index is -1.31. The summed E-state index contributed by atoms with van der Waals surface area (Å²) in [4.78, 5) is 18.7. The molecule has 0 aliphatic rings. The highest BCUT2D eigenvalue weighted by Crippen LogP contribution is 2.40. The minimum Gasteiger partial charge on any atom is -0.465 e. The van der Waals surface area contributed by atoms with Crippen molar-refractivity contribution in [2.75, 3.05) is 11.9 Å². The molecule has 114 valence electrons. The molecule has 1 amide bonds. The zero-order valence-corrected chi connectivity index (χ0v) is 13.3. The molecule has 3 aromatic rings. The van der Waals surface area contributed by atoms with Gasteiger partial charge in [0.25, 0.3) is 0 Å². The summed E-state index contributed by atoms with van der Waals surface area (Å²) in [6.45, 7) is 0. The number of carboxylic acid groups (broad SMARTS) is 1. The first-order chi connectivity index (χ1) is 10.3. The number of fused-ring (bicyclic) bond motifs is 3. The maximum Gasteiger partial charge on any atom is 0.411 e. The van der Waals surface area contributed by atoms with Gasteiger partial charge in [0.05, 0.1) is 26.1 Å². The standard InChI is InChI=1S/C13H7BrClF2N3O2/c1-20(13(21)22)6-2-5(16)10(17)8-7-9(15)4(14)3-18-12(7)19-11(6)8/h2-3H,1H3,(H,18,19)(H,21,22). The Balaban J connectivity index is 2.54. The van der Waals surface area contributed by atoms with Gasteiger partial charge in [-0.3, -0.25) is 4.90 Å². The third kappa shape index (κ3) is 2.02. The number of aromatic amines is 1. The van der Waals surface area contributed by atoms with Gasteiger partial charge in [-0.1, -0.05) is 11.6 Å². The molecule has 0 aliphatic heterocycles. The van der Waals surface area contributed by atoms with Crippen molar-refractivity contribution in [1.82, 2.24) is 9.97 Å². The summed E-state index contributed by atoms with van der Waals surface area (Å²) in [7, 11) is 1.23. The first-order valence-corrected chi connectivity index (χ1v) is 7.10. The van der Waals surface area contributed by atoms with E-state index in [0.717, 1.165) is 11.0 Å².